The van der Waals surface area contributed by atoms with Crippen LogP contribution >= 0.6 is 0 Å². The normalized spacial score (nSPS) is 26.6. The lowest BCUT2D eigenvalue weighted by Crippen LogP contribution is -2.13. The molecule has 76 valence electrons. The number of rotatable bonds is 2. The van der Waals surface area contributed by atoms with E-state index in [0.29, 0.717) is 12.3 Å². The molecule has 0 bridgehead atoms. The number of carbonyl (C=O) groups is 1. The number of ether oxygens (including phenoxy) is 1. The predicted molar refractivity (Wildman–Crippen MR) is 46.1 cm³/mol. The topological polar surface area (TPSA) is 88.1 Å². The molecule has 2 heterocycles. The van der Waals surface area contributed by atoms with Crippen LogP contribution < -0.4 is 0 Å². The lowest BCUT2D eigenvalue weighted by atomic mass is 9.97. The minimum absolute atomic E-state index is 0.00681. The Labute approximate surface area is 80.3 Å². The number of hydrogen-bond donors (Lipinski definition) is 2. The number of aromatic nitrogens is 3. The summed E-state index contributed by atoms with van der Waals surface area (Å²) in [5, 5.41) is 18.7. The summed E-state index contributed by atoms with van der Waals surface area (Å²) in [6.45, 7) is 2.57. The minimum Gasteiger partial charge on any atom is -0.476 e. The number of H-pyrrole nitrogens is 1. The molecule has 2 N–H and O–H groups in total. The molecule has 1 aromatic heterocycles. The van der Waals surface area contributed by atoms with Gasteiger partial charge < -0.3 is 9.84 Å². The first kappa shape index (κ1) is 9.14. The van der Waals surface area contributed by atoms with Gasteiger partial charge in [0.05, 0.1) is 6.10 Å². The smallest absolute Gasteiger partial charge is 0.358 e. The molecule has 6 heteroatoms. The molecular weight excluding hydrogens is 186 g/mol. The fourth-order valence-corrected chi connectivity index (χ4v) is 1.75. The van der Waals surface area contributed by atoms with Gasteiger partial charge in [0.25, 0.3) is 0 Å². The molecule has 2 unspecified atom stereocenters. The van der Waals surface area contributed by atoms with Crippen LogP contribution in [0.4, 0.5) is 0 Å². The average Bonchev–Trinajstić information content (AvgIpc) is 2.70. The molecule has 2 rings (SSSR count). The van der Waals surface area contributed by atoms with Crippen LogP contribution in [-0.4, -0.2) is 39.2 Å². The molecule has 0 aromatic carbocycles. The second kappa shape index (κ2) is 3.38. The molecule has 1 aliphatic heterocycles. The SMILES string of the molecule is CC1OCCC1c1n[nH]nc1C(=O)O. The summed E-state index contributed by atoms with van der Waals surface area (Å²) < 4.78 is 5.35. The summed E-state index contributed by atoms with van der Waals surface area (Å²) in [6.07, 6.45) is 0.812. The van der Waals surface area contributed by atoms with Gasteiger partial charge in [-0.15, -0.1) is 5.10 Å². The van der Waals surface area contributed by atoms with Gasteiger partial charge in [0, 0.05) is 12.5 Å². The number of aromatic carboxylic acids is 1. The summed E-state index contributed by atoms with van der Waals surface area (Å²) in [4.78, 5) is 10.8. The van der Waals surface area contributed by atoms with Crippen LogP contribution in [0.25, 0.3) is 0 Å². The van der Waals surface area contributed by atoms with Crippen molar-refractivity contribution in [1.82, 2.24) is 15.4 Å². The van der Waals surface area contributed by atoms with Crippen LogP contribution in [0.2, 0.25) is 0 Å². The average molecular weight is 197 g/mol. The third kappa shape index (κ3) is 1.37. The number of nitrogens with zero attached hydrogens (tertiary/aromatic N) is 2. The second-order valence-corrected chi connectivity index (χ2v) is 3.33. The van der Waals surface area contributed by atoms with E-state index < -0.39 is 5.97 Å². The maximum absolute atomic E-state index is 10.8. The standard InChI is InChI=1S/C8H11N3O3/c1-4-5(2-3-14-4)6-7(8(12)13)10-11-9-6/h4-5H,2-3H2,1H3,(H,12,13)(H,9,10,11). The fourth-order valence-electron chi connectivity index (χ4n) is 1.75. The highest BCUT2D eigenvalue weighted by Gasteiger charge is 2.32. The first-order valence-corrected chi connectivity index (χ1v) is 4.45. The van der Waals surface area contributed by atoms with Crippen molar-refractivity contribution < 1.29 is 14.6 Å². The van der Waals surface area contributed by atoms with Gasteiger partial charge in [0.2, 0.25) is 0 Å². The summed E-state index contributed by atoms with van der Waals surface area (Å²) >= 11 is 0. The van der Waals surface area contributed by atoms with Crippen molar-refractivity contribution in [3.8, 4) is 0 Å². The maximum atomic E-state index is 10.8. The molecule has 2 atom stereocenters. The summed E-state index contributed by atoms with van der Waals surface area (Å²) in [6, 6.07) is 0. The Morgan fingerprint density at radius 1 is 1.64 bits per heavy atom. The summed E-state index contributed by atoms with van der Waals surface area (Å²) in [5.74, 6) is -1.01. The van der Waals surface area contributed by atoms with Crippen molar-refractivity contribution in [1.29, 1.82) is 0 Å². The van der Waals surface area contributed by atoms with Crippen LogP contribution in [0, 0.1) is 0 Å². The van der Waals surface area contributed by atoms with Crippen LogP contribution in [0.3, 0.4) is 0 Å². The molecule has 1 aliphatic rings. The fraction of sp³-hybridized carbons (Fsp3) is 0.625. The lowest BCUT2D eigenvalue weighted by molar-refractivity contribution is 0.0687. The molecule has 6 nitrogen and oxygen atoms in total. The number of hydrogen-bond acceptors (Lipinski definition) is 4. The van der Waals surface area contributed by atoms with E-state index in [1.165, 1.54) is 0 Å². The van der Waals surface area contributed by atoms with E-state index in [4.69, 9.17) is 9.84 Å². The van der Waals surface area contributed by atoms with Crippen molar-refractivity contribution in [2.45, 2.75) is 25.4 Å². The first-order valence-electron chi connectivity index (χ1n) is 4.45. The largest absolute Gasteiger partial charge is 0.476 e. The Balaban J connectivity index is 2.31. The first-order chi connectivity index (χ1) is 6.70. The van der Waals surface area contributed by atoms with Gasteiger partial charge in [-0.1, -0.05) is 0 Å². The molecule has 0 spiro atoms. The Kier molecular flexibility index (Phi) is 2.20. The van der Waals surface area contributed by atoms with E-state index in [1.807, 2.05) is 6.92 Å². The molecule has 0 radical (unpaired) electrons. The highest BCUT2D eigenvalue weighted by Crippen LogP contribution is 2.30. The quantitative estimate of drug-likeness (QED) is 0.716. The van der Waals surface area contributed by atoms with Crippen LogP contribution in [0.1, 0.15) is 35.4 Å². The van der Waals surface area contributed by atoms with Crippen molar-refractivity contribution in [3.63, 3.8) is 0 Å². The molecule has 14 heavy (non-hydrogen) atoms. The van der Waals surface area contributed by atoms with Crippen molar-refractivity contribution >= 4 is 5.97 Å². The lowest BCUT2D eigenvalue weighted by Gasteiger charge is -2.10. The van der Waals surface area contributed by atoms with Crippen LogP contribution in [0.5, 0.6) is 0 Å². The number of carboxylic acids is 1. The Morgan fingerprint density at radius 3 is 3.00 bits per heavy atom. The molecule has 0 aliphatic carbocycles. The van der Waals surface area contributed by atoms with Gasteiger partial charge in [-0.05, 0) is 13.3 Å². The van der Waals surface area contributed by atoms with Gasteiger partial charge >= 0.3 is 5.97 Å². The molecule has 1 saturated heterocycles. The van der Waals surface area contributed by atoms with Gasteiger partial charge in [0.15, 0.2) is 5.69 Å². The van der Waals surface area contributed by atoms with Gasteiger partial charge in [0.1, 0.15) is 5.69 Å². The van der Waals surface area contributed by atoms with E-state index in [0.717, 1.165) is 6.42 Å². The zero-order valence-corrected chi connectivity index (χ0v) is 7.73. The summed E-state index contributed by atoms with van der Waals surface area (Å²) in [7, 11) is 0. The van der Waals surface area contributed by atoms with Crippen LogP contribution in [-0.2, 0) is 4.74 Å². The van der Waals surface area contributed by atoms with Crippen molar-refractivity contribution in [3.05, 3.63) is 11.4 Å². The zero-order valence-electron chi connectivity index (χ0n) is 7.73. The van der Waals surface area contributed by atoms with Crippen molar-refractivity contribution in [2.75, 3.05) is 6.61 Å². The van der Waals surface area contributed by atoms with E-state index in [2.05, 4.69) is 15.4 Å². The van der Waals surface area contributed by atoms with Gasteiger partial charge in [-0.2, -0.15) is 10.3 Å². The maximum Gasteiger partial charge on any atom is 0.358 e. The monoisotopic (exact) mass is 197 g/mol. The Bertz CT molecular complexity index is 349. The van der Waals surface area contributed by atoms with E-state index >= 15 is 0 Å². The Morgan fingerprint density at radius 2 is 2.43 bits per heavy atom. The summed E-state index contributed by atoms with van der Waals surface area (Å²) in [5.41, 5.74) is 0.509. The van der Waals surface area contributed by atoms with E-state index in [-0.39, 0.29) is 17.7 Å². The molecule has 1 fully saturated rings. The molecule has 0 amide bonds. The second-order valence-electron chi connectivity index (χ2n) is 3.33. The zero-order chi connectivity index (χ0) is 10.1. The van der Waals surface area contributed by atoms with E-state index in [1.54, 1.807) is 0 Å². The Hall–Kier alpha value is -1.43. The highest BCUT2D eigenvalue weighted by atomic mass is 16.5. The minimum atomic E-state index is -1.05. The number of carboxylic acid groups (broad SMARTS) is 1. The van der Waals surface area contributed by atoms with E-state index in [9.17, 15) is 4.79 Å². The molecule has 0 saturated carbocycles. The van der Waals surface area contributed by atoms with Crippen molar-refractivity contribution in [2.24, 2.45) is 0 Å². The third-order valence-electron chi connectivity index (χ3n) is 2.50. The number of aromatic amines is 1. The van der Waals surface area contributed by atoms with Gasteiger partial charge in [-0.25, -0.2) is 4.79 Å². The predicted octanol–water partition coefficient (Wildman–Crippen LogP) is 0.395. The molecular formula is C8H11N3O3. The van der Waals surface area contributed by atoms with Gasteiger partial charge in [-0.3, -0.25) is 0 Å². The third-order valence-corrected chi connectivity index (χ3v) is 2.50. The molecule has 1 aromatic rings. The highest BCUT2D eigenvalue weighted by molar-refractivity contribution is 5.86. The number of nitrogens with one attached hydrogen (secondary N) is 1. The van der Waals surface area contributed by atoms with Crippen LogP contribution in [0.15, 0.2) is 0 Å².